The molecule has 2 aromatic carbocycles. The van der Waals surface area contributed by atoms with Gasteiger partial charge in [-0.2, -0.15) is 4.31 Å². The Morgan fingerprint density at radius 1 is 0.920 bits per heavy atom. The largest absolute Gasteiger partial charge is 0.399 e. The molecule has 2 aromatic rings. The summed E-state index contributed by atoms with van der Waals surface area (Å²) in [4.78, 5) is 2.66. The first-order valence-corrected chi connectivity index (χ1v) is 9.62. The number of nitrogen functional groups attached to an aromatic ring is 1. The average Bonchev–Trinajstić information content (AvgIpc) is 2.82. The molecule has 0 atom stereocenters. The van der Waals surface area contributed by atoms with Crippen LogP contribution in [-0.2, 0) is 16.6 Å². The van der Waals surface area contributed by atoms with Gasteiger partial charge in [-0.1, -0.05) is 30.3 Å². The highest BCUT2D eigenvalue weighted by atomic mass is 35.5. The maximum absolute atomic E-state index is 12.7. The second-order valence-corrected chi connectivity index (χ2v) is 8.03. The minimum Gasteiger partial charge on any atom is -0.399 e. The van der Waals surface area contributed by atoms with Crippen molar-refractivity contribution in [3.05, 3.63) is 60.2 Å². The van der Waals surface area contributed by atoms with Gasteiger partial charge in [-0.3, -0.25) is 4.90 Å². The average molecular weight is 382 g/mol. The summed E-state index contributed by atoms with van der Waals surface area (Å²) in [6.07, 6.45) is 0.828. The Hall–Kier alpha value is -1.60. The molecule has 2 N–H and O–H groups in total. The van der Waals surface area contributed by atoms with Crippen molar-refractivity contribution in [2.24, 2.45) is 0 Å². The zero-order valence-electron chi connectivity index (χ0n) is 14.0. The van der Waals surface area contributed by atoms with Gasteiger partial charge in [0.1, 0.15) is 0 Å². The fraction of sp³-hybridized carbons (Fsp3) is 0.333. The molecule has 1 heterocycles. The van der Waals surface area contributed by atoms with E-state index in [-0.39, 0.29) is 12.4 Å². The fourth-order valence-corrected chi connectivity index (χ4v) is 4.53. The van der Waals surface area contributed by atoms with Crippen LogP contribution in [0.5, 0.6) is 0 Å². The molecule has 3 rings (SSSR count). The summed E-state index contributed by atoms with van der Waals surface area (Å²) < 4.78 is 27.1. The van der Waals surface area contributed by atoms with Crippen LogP contribution < -0.4 is 5.73 Å². The third-order valence-electron chi connectivity index (χ3n) is 4.29. The zero-order chi connectivity index (χ0) is 17.0. The van der Waals surface area contributed by atoms with Crippen molar-refractivity contribution in [1.29, 1.82) is 0 Å². The van der Waals surface area contributed by atoms with Crippen LogP contribution in [0.1, 0.15) is 12.0 Å². The van der Waals surface area contributed by atoms with Crippen molar-refractivity contribution in [3.8, 4) is 0 Å². The molecule has 0 saturated carbocycles. The van der Waals surface area contributed by atoms with Gasteiger partial charge in [0.15, 0.2) is 0 Å². The van der Waals surface area contributed by atoms with Crippen LogP contribution in [0.4, 0.5) is 5.69 Å². The molecule has 0 unspecified atom stereocenters. The first-order chi connectivity index (χ1) is 11.6. The van der Waals surface area contributed by atoms with E-state index in [2.05, 4.69) is 11.0 Å². The van der Waals surface area contributed by atoms with Gasteiger partial charge in [-0.15, -0.1) is 12.4 Å². The minimum atomic E-state index is -3.40. The Labute approximate surface area is 155 Å². The second kappa shape index (κ2) is 8.67. The lowest BCUT2D eigenvalue weighted by Gasteiger charge is -2.22. The third-order valence-corrected chi connectivity index (χ3v) is 6.20. The first kappa shape index (κ1) is 19.7. The van der Waals surface area contributed by atoms with Crippen LogP contribution in [0, 0.1) is 0 Å². The van der Waals surface area contributed by atoms with Gasteiger partial charge in [0.2, 0.25) is 10.0 Å². The molecule has 7 heteroatoms. The van der Waals surface area contributed by atoms with E-state index in [1.54, 1.807) is 28.6 Å². The molecule has 1 aliphatic heterocycles. The van der Waals surface area contributed by atoms with Gasteiger partial charge in [0.25, 0.3) is 0 Å². The highest BCUT2D eigenvalue weighted by Crippen LogP contribution is 2.18. The van der Waals surface area contributed by atoms with E-state index in [1.165, 1.54) is 0 Å². The molecule has 0 spiro atoms. The maximum atomic E-state index is 12.7. The van der Waals surface area contributed by atoms with Gasteiger partial charge in [0.05, 0.1) is 4.90 Å². The normalized spacial score (nSPS) is 16.8. The van der Waals surface area contributed by atoms with Crippen LogP contribution in [0.15, 0.2) is 59.5 Å². The zero-order valence-corrected chi connectivity index (χ0v) is 15.7. The predicted octanol–water partition coefficient (Wildman–Crippen LogP) is 2.59. The summed E-state index contributed by atoms with van der Waals surface area (Å²) in [5, 5.41) is 0. The molecular formula is C18H24ClN3O2S. The summed E-state index contributed by atoms with van der Waals surface area (Å²) >= 11 is 0. The maximum Gasteiger partial charge on any atom is 0.243 e. The van der Waals surface area contributed by atoms with Crippen LogP contribution in [-0.4, -0.2) is 43.8 Å². The second-order valence-electron chi connectivity index (χ2n) is 6.09. The van der Waals surface area contributed by atoms with Crippen molar-refractivity contribution < 1.29 is 8.42 Å². The van der Waals surface area contributed by atoms with E-state index < -0.39 is 10.0 Å². The summed E-state index contributed by atoms with van der Waals surface area (Å²) in [7, 11) is -3.40. The van der Waals surface area contributed by atoms with Gasteiger partial charge in [-0.05, 0) is 42.8 Å². The Bertz CT molecular complexity index is 784. The molecule has 1 fully saturated rings. The minimum absolute atomic E-state index is 0. The van der Waals surface area contributed by atoms with Crippen LogP contribution in [0.25, 0.3) is 0 Å². The molecule has 0 amide bonds. The van der Waals surface area contributed by atoms with Gasteiger partial charge < -0.3 is 5.73 Å². The van der Waals surface area contributed by atoms with E-state index in [0.29, 0.717) is 18.0 Å². The van der Waals surface area contributed by atoms with Crippen LogP contribution in [0.2, 0.25) is 0 Å². The molecular weight excluding hydrogens is 358 g/mol. The lowest BCUT2D eigenvalue weighted by molar-refractivity contribution is 0.278. The summed E-state index contributed by atoms with van der Waals surface area (Å²) in [5.41, 5.74) is 7.75. The van der Waals surface area contributed by atoms with Crippen molar-refractivity contribution in [3.63, 3.8) is 0 Å². The van der Waals surface area contributed by atoms with E-state index in [9.17, 15) is 8.42 Å². The van der Waals surface area contributed by atoms with E-state index in [0.717, 1.165) is 37.3 Å². The number of nitrogens with two attached hydrogens (primary N) is 1. The quantitative estimate of drug-likeness (QED) is 0.826. The summed E-state index contributed by atoms with van der Waals surface area (Å²) in [6.45, 7) is 3.48. The number of sulfonamides is 1. The number of halogens is 1. The molecule has 5 nitrogen and oxygen atoms in total. The number of hydrogen-bond acceptors (Lipinski definition) is 4. The van der Waals surface area contributed by atoms with Crippen molar-refractivity contribution >= 4 is 28.1 Å². The molecule has 0 radical (unpaired) electrons. The van der Waals surface area contributed by atoms with E-state index in [4.69, 9.17) is 5.73 Å². The van der Waals surface area contributed by atoms with E-state index >= 15 is 0 Å². The van der Waals surface area contributed by atoms with Crippen LogP contribution in [0.3, 0.4) is 0 Å². The standard InChI is InChI=1S/C18H23N3O2S.ClH/c19-17-7-4-6-16(14-17)15-20-10-5-11-21(13-12-20)24(22,23)18-8-2-1-3-9-18;/h1-4,6-9,14H,5,10-13,15,19H2;1H. The molecule has 0 aliphatic carbocycles. The first-order valence-electron chi connectivity index (χ1n) is 8.18. The smallest absolute Gasteiger partial charge is 0.243 e. The summed E-state index contributed by atoms with van der Waals surface area (Å²) in [6, 6.07) is 16.5. The van der Waals surface area contributed by atoms with Gasteiger partial charge in [0, 0.05) is 31.9 Å². The van der Waals surface area contributed by atoms with Crippen molar-refractivity contribution in [2.45, 2.75) is 17.9 Å². The fourth-order valence-electron chi connectivity index (χ4n) is 3.04. The SMILES string of the molecule is Cl.Nc1cccc(CN2CCCN(S(=O)(=O)c3ccccc3)CC2)c1. The number of rotatable bonds is 4. The number of anilines is 1. The topological polar surface area (TPSA) is 66.6 Å². The Kier molecular flexibility index (Phi) is 6.84. The molecule has 1 saturated heterocycles. The third kappa shape index (κ3) is 4.95. The predicted molar refractivity (Wildman–Crippen MR) is 103 cm³/mol. The number of nitrogens with zero attached hydrogens (tertiary/aromatic N) is 2. The highest BCUT2D eigenvalue weighted by Gasteiger charge is 2.26. The van der Waals surface area contributed by atoms with Crippen molar-refractivity contribution in [1.82, 2.24) is 9.21 Å². The molecule has 0 bridgehead atoms. The van der Waals surface area contributed by atoms with Crippen LogP contribution >= 0.6 is 12.4 Å². The molecule has 136 valence electrons. The Balaban J connectivity index is 0.00000225. The highest BCUT2D eigenvalue weighted by molar-refractivity contribution is 7.89. The van der Waals surface area contributed by atoms with E-state index in [1.807, 2.05) is 24.3 Å². The van der Waals surface area contributed by atoms with Crippen molar-refractivity contribution in [2.75, 3.05) is 31.9 Å². The Morgan fingerprint density at radius 3 is 2.40 bits per heavy atom. The molecule has 25 heavy (non-hydrogen) atoms. The lowest BCUT2D eigenvalue weighted by Crippen LogP contribution is -2.35. The number of hydrogen-bond donors (Lipinski definition) is 1. The molecule has 0 aromatic heterocycles. The van der Waals surface area contributed by atoms with Gasteiger partial charge >= 0.3 is 0 Å². The lowest BCUT2D eigenvalue weighted by atomic mass is 10.2. The monoisotopic (exact) mass is 381 g/mol. The van der Waals surface area contributed by atoms with Gasteiger partial charge in [-0.25, -0.2) is 8.42 Å². The molecule has 1 aliphatic rings. The summed E-state index contributed by atoms with van der Waals surface area (Å²) in [5.74, 6) is 0. The Morgan fingerprint density at radius 2 is 1.68 bits per heavy atom. The number of benzene rings is 2.